The second kappa shape index (κ2) is 11.3. The van der Waals surface area contributed by atoms with Gasteiger partial charge in [-0.05, 0) is 69.6 Å². The number of nitrogens with zero attached hydrogens (tertiary/aromatic N) is 2. The summed E-state index contributed by atoms with van der Waals surface area (Å²) in [7, 11) is 0. The number of hydrogen-bond donors (Lipinski definition) is 1. The number of benzene rings is 2. The minimum absolute atomic E-state index is 0.200. The minimum Gasteiger partial charge on any atom is -0.507 e. The van der Waals surface area contributed by atoms with Gasteiger partial charge in [-0.15, -0.1) is 0 Å². The first-order valence-corrected chi connectivity index (χ1v) is 11.8. The number of likely N-dealkylation sites (tertiary alicyclic amines) is 2. The summed E-state index contributed by atoms with van der Waals surface area (Å²) < 4.78 is 11.0. The van der Waals surface area contributed by atoms with Crippen molar-refractivity contribution in [1.29, 1.82) is 0 Å². The summed E-state index contributed by atoms with van der Waals surface area (Å²) in [5.74, 6) is 0.879. The molecule has 6 nitrogen and oxygen atoms in total. The molecule has 0 unspecified atom stereocenters. The standard InChI is InChI=1S/C26H34N2O4/c29-25(32-15-14-31-24-8-2-1-3-9-24)18-21-16-22(19-27-10-4-5-11-27)26(30)23(17-21)20-28-12-6-7-13-28/h1-3,8-9,16-17,30H,4-7,10-15,18-20H2. The van der Waals surface area contributed by atoms with Crippen molar-refractivity contribution in [3.05, 3.63) is 59.2 Å². The summed E-state index contributed by atoms with van der Waals surface area (Å²) in [6, 6.07) is 13.5. The number of phenols is 1. The molecular weight excluding hydrogens is 404 g/mol. The number of carbonyl (C=O) groups excluding carboxylic acids is 1. The molecule has 0 bridgehead atoms. The molecule has 2 aromatic carbocycles. The van der Waals surface area contributed by atoms with Crippen LogP contribution in [0.25, 0.3) is 0 Å². The summed E-state index contributed by atoms with van der Waals surface area (Å²) >= 11 is 0. The number of esters is 1. The maximum Gasteiger partial charge on any atom is 0.310 e. The first-order valence-electron chi connectivity index (χ1n) is 11.8. The Kier molecular flexibility index (Phi) is 8.02. The average molecular weight is 439 g/mol. The molecule has 1 N–H and O–H groups in total. The van der Waals surface area contributed by atoms with Crippen molar-refractivity contribution in [3.63, 3.8) is 0 Å². The zero-order valence-corrected chi connectivity index (χ0v) is 18.8. The van der Waals surface area contributed by atoms with Crippen molar-refractivity contribution in [3.8, 4) is 11.5 Å². The Morgan fingerprint density at radius 2 is 1.41 bits per heavy atom. The molecule has 0 aromatic heterocycles. The van der Waals surface area contributed by atoms with Crippen molar-refractivity contribution in [1.82, 2.24) is 9.80 Å². The van der Waals surface area contributed by atoms with E-state index in [1.165, 1.54) is 25.7 Å². The average Bonchev–Trinajstić information content (AvgIpc) is 3.50. The fourth-order valence-corrected chi connectivity index (χ4v) is 4.59. The lowest BCUT2D eigenvalue weighted by Gasteiger charge is -2.21. The van der Waals surface area contributed by atoms with E-state index in [0.717, 1.165) is 61.7 Å². The SMILES string of the molecule is O=C(Cc1cc(CN2CCCC2)c(O)c(CN2CCCC2)c1)OCCOc1ccccc1. The van der Waals surface area contributed by atoms with Gasteiger partial charge >= 0.3 is 5.97 Å². The zero-order chi connectivity index (χ0) is 22.2. The highest BCUT2D eigenvalue weighted by atomic mass is 16.6. The minimum atomic E-state index is -0.272. The van der Waals surface area contributed by atoms with Crippen LogP contribution in [0, 0.1) is 0 Å². The Morgan fingerprint density at radius 3 is 1.97 bits per heavy atom. The van der Waals surface area contributed by atoms with Gasteiger partial charge in [0.2, 0.25) is 0 Å². The van der Waals surface area contributed by atoms with E-state index in [-0.39, 0.29) is 19.0 Å². The lowest BCUT2D eigenvalue weighted by Crippen LogP contribution is -2.21. The molecular formula is C26H34N2O4. The number of ether oxygens (including phenoxy) is 2. The molecule has 0 atom stereocenters. The summed E-state index contributed by atoms with van der Waals surface area (Å²) in [5.41, 5.74) is 2.73. The third kappa shape index (κ3) is 6.47. The van der Waals surface area contributed by atoms with Gasteiger partial charge in [0.05, 0.1) is 6.42 Å². The smallest absolute Gasteiger partial charge is 0.310 e. The first-order chi connectivity index (χ1) is 15.7. The van der Waals surface area contributed by atoms with Gasteiger partial charge in [0.25, 0.3) is 0 Å². The number of rotatable bonds is 10. The van der Waals surface area contributed by atoms with Crippen LogP contribution in [0.3, 0.4) is 0 Å². The van der Waals surface area contributed by atoms with E-state index >= 15 is 0 Å². The fourth-order valence-electron chi connectivity index (χ4n) is 4.59. The van der Waals surface area contributed by atoms with Gasteiger partial charge in [-0.25, -0.2) is 0 Å². The summed E-state index contributed by atoms with van der Waals surface area (Å²) in [6.45, 7) is 6.25. The van der Waals surface area contributed by atoms with Crippen LogP contribution in [0.15, 0.2) is 42.5 Å². The van der Waals surface area contributed by atoms with Gasteiger partial charge in [0, 0.05) is 24.2 Å². The van der Waals surface area contributed by atoms with Crippen LogP contribution >= 0.6 is 0 Å². The van der Waals surface area contributed by atoms with Gasteiger partial charge in [-0.3, -0.25) is 14.6 Å². The van der Waals surface area contributed by atoms with Crippen LogP contribution in [0.2, 0.25) is 0 Å². The van der Waals surface area contributed by atoms with E-state index in [1.807, 2.05) is 42.5 Å². The van der Waals surface area contributed by atoms with Crippen LogP contribution in [0.1, 0.15) is 42.4 Å². The van der Waals surface area contributed by atoms with Gasteiger partial charge < -0.3 is 14.6 Å². The normalized spacial score (nSPS) is 17.0. The molecule has 32 heavy (non-hydrogen) atoms. The van der Waals surface area contributed by atoms with Crippen LogP contribution in [0.5, 0.6) is 11.5 Å². The lowest BCUT2D eigenvalue weighted by molar-refractivity contribution is -0.143. The quantitative estimate of drug-likeness (QED) is 0.450. The fraction of sp³-hybridized carbons (Fsp3) is 0.500. The Bertz CT molecular complexity index is 836. The summed E-state index contributed by atoms with van der Waals surface area (Å²) in [6.07, 6.45) is 5.03. The highest BCUT2D eigenvalue weighted by Gasteiger charge is 2.20. The molecule has 2 aromatic rings. The molecule has 172 valence electrons. The summed E-state index contributed by atoms with van der Waals surface area (Å²) in [4.78, 5) is 17.2. The van der Waals surface area contributed by atoms with Crippen LogP contribution in [-0.4, -0.2) is 60.3 Å². The Balaban J connectivity index is 1.37. The maximum atomic E-state index is 12.5. The molecule has 6 heteroatoms. The number of aromatic hydroxyl groups is 1. The Hall–Kier alpha value is -2.57. The van der Waals surface area contributed by atoms with Crippen molar-refractivity contribution < 1.29 is 19.4 Å². The van der Waals surface area contributed by atoms with Crippen molar-refractivity contribution in [2.75, 3.05) is 39.4 Å². The van der Waals surface area contributed by atoms with Gasteiger partial charge in [-0.2, -0.15) is 0 Å². The van der Waals surface area contributed by atoms with Crippen molar-refractivity contribution in [2.24, 2.45) is 0 Å². The molecule has 0 saturated carbocycles. The van der Waals surface area contributed by atoms with E-state index in [2.05, 4.69) is 9.80 Å². The third-order valence-corrected chi connectivity index (χ3v) is 6.22. The number of para-hydroxylation sites is 1. The van der Waals surface area contributed by atoms with Crippen molar-refractivity contribution in [2.45, 2.75) is 45.2 Å². The molecule has 2 heterocycles. The van der Waals surface area contributed by atoms with Gasteiger partial charge in [0.1, 0.15) is 24.7 Å². The lowest BCUT2D eigenvalue weighted by atomic mass is 10.0. The Labute approximate surface area is 190 Å². The number of phenolic OH excluding ortho intramolecular Hbond substituents is 1. The van der Waals surface area contributed by atoms with Gasteiger partial charge in [-0.1, -0.05) is 30.3 Å². The topological polar surface area (TPSA) is 62.2 Å². The van der Waals surface area contributed by atoms with E-state index < -0.39 is 0 Å². The molecule has 2 saturated heterocycles. The molecule has 2 aliphatic heterocycles. The highest BCUT2D eigenvalue weighted by molar-refractivity contribution is 5.73. The predicted molar refractivity (Wildman–Crippen MR) is 124 cm³/mol. The van der Waals surface area contributed by atoms with E-state index in [0.29, 0.717) is 12.4 Å². The van der Waals surface area contributed by atoms with Crippen LogP contribution < -0.4 is 4.74 Å². The highest BCUT2D eigenvalue weighted by Crippen LogP contribution is 2.29. The molecule has 0 radical (unpaired) electrons. The molecule has 0 aliphatic carbocycles. The Morgan fingerprint density at radius 1 is 0.844 bits per heavy atom. The summed E-state index contributed by atoms with van der Waals surface area (Å²) in [5, 5.41) is 11.0. The van der Waals surface area contributed by atoms with E-state index in [1.54, 1.807) is 0 Å². The second-order valence-electron chi connectivity index (χ2n) is 8.79. The molecule has 4 rings (SSSR count). The van der Waals surface area contributed by atoms with Crippen LogP contribution in [-0.2, 0) is 29.0 Å². The number of carbonyl (C=O) groups is 1. The second-order valence-corrected chi connectivity index (χ2v) is 8.79. The predicted octanol–water partition coefficient (Wildman–Crippen LogP) is 3.75. The molecule has 0 amide bonds. The largest absolute Gasteiger partial charge is 0.507 e. The zero-order valence-electron chi connectivity index (χ0n) is 18.8. The van der Waals surface area contributed by atoms with Crippen LogP contribution in [0.4, 0.5) is 0 Å². The van der Waals surface area contributed by atoms with Crippen molar-refractivity contribution >= 4 is 5.97 Å². The maximum absolute atomic E-state index is 12.5. The molecule has 2 aliphatic rings. The molecule has 2 fully saturated rings. The van der Waals surface area contributed by atoms with E-state index in [4.69, 9.17) is 9.47 Å². The molecule has 0 spiro atoms. The monoisotopic (exact) mass is 438 g/mol. The van der Waals surface area contributed by atoms with E-state index in [9.17, 15) is 9.90 Å². The third-order valence-electron chi connectivity index (χ3n) is 6.22. The van der Waals surface area contributed by atoms with Gasteiger partial charge in [0.15, 0.2) is 0 Å². The first kappa shape index (κ1) is 22.6. The number of hydrogen-bond acceptors (Lipinski definition) is 6.